The molecule has 3 atom stereocenters. The molecule has 2 rings (SSSR count). The number of nitrogens with one attached hydrogen (secondary N) is 1. The lowest BCUT2D eigenvalue weighted by atomic mass is 9.86. The van der Waals surface area contributed by atoms with Gasteiger partial charge >= 0.3 is 0 Å². The van der Waals surface area contributed by atoms with Gasteiger partial charge in [-0.1, -0.05) is 12.8 Å². The second-order valence-corrected chi connectivity index (χ2v) is 4.30. The molecule has 0 unspecified atom stereocenters. The van der Waals surface area contributed by atoms with E-state index in [0.717, 1.165) is 0 Å². The highest BCUT2D eigenvalue weighted by atomic mass is 16.2. The van der Waals surface area contributed by atoms with Crippen molar-refractivity contribution in [2.45, 2.75) is 50.7 Å². The van der Waals surface area contributed by atoms with Crippen LogP contribution in [0.1, 0.15) is 32.6 Å². The molecule has 2 fully saturated rings. The van der Waals surface area contributed by atoms with E-state index in [2.05, 4.69) is 5.32 Å². The Kier molecular flexibility index (Phi) is 2.28. The fraction of sp³-hybridized carbons (Fsp3) is 0.900. The van der Waals surface area contributed by atoms with Crippen molar-refractivity contribution in [3.63, 3.8) is 0 Å². The Hall–Kier alpha value is -0.570. The summed E-state index contributed by atoms with van der Waals surface area (Å²) in [7, 11) is 1.95. The SMILES string of the molecule is C[C@@H]1N[C@@H]2CCCC[C@H]2N(C)C1=O. The van der Waals surface area contributed by atoms with Gasteiger partial charge in [0.15, 0.2) is 0 Å². The van der Waals surface area contributed by atoms with Crippen LogP contribution >= 0.6 is 0 Å². The van der Waals surface area contributed by atoms with Gasteiger partial charge in [0.25, 0.3) is 0 Å². The van der Waals surface area contributed by atoms with Crippen molar-refractivity contribution in [2.75, 3.05) is 7.05 Å². The van der Waals surface area contributed by atoms with Crippen LogP contribution in [-0.4, -0.2) is 36.0 Å². The normalized spacial score (nSPS) is 40.3. The summed E-state index contributed by atoms with van der Waals surface area (Å²) in [6, 6.07) is 1.02. The molecule has 0 bridgehead atoms. The Bertz CT molecular complexity index is 217. The molecule has 1 saturated carbocycles. The number of piperazine rings is 1. The van der Waals surface area contributed by atoms with Crippen molar-refractivity contribution in [3.05, 3.63) is 0 Å². The maximum atomic E-state index is 11.6. The van der Waals surface area contributed by atoms with Crippen LogP contribution in [0.15, 0.2) is 0 Å². The molecule has 0 aromatic carbocycles. The number of carbonyl (C=O) groups is 1. The fourth-order valence-electron chi connectivity index (χ4n) is 2.63. The number of hydrogen-bond acceptors (Lipinski definition) is 2. The molecule has 1 N–H and O–H groups in total. The van der Waals surface area contributed by atoms with Crippen LogP contribution in [0.25, 0.3) is 0 Å². The highest BCUT2D eigenvalue weighted by molar-refractivity contribution is 5.82. The molecule has 1 saturated heterocycles. The number of rotatable bonds is 0. The molecule has 1 heterocycles. The number of fused-ring (bicyclic) bond motifs is 1. The minimum Gasteiger partial charge on any atom is -0.340 e. The first-order chi connectivity index (χ1) is 6.20. The second-order valence-electron chi connectivity index (χ2n) is 4.30. The molecular formula is C10H18N2O. The van der Waals surface area contributed by atoms with E-state index < -0.39 is 0 Å². The van der Waals surface area contributed by atoms with Gasteiger partial charge in [-0.05, 0) is 19.8 Å². The van der Waals surface area contributed by atoms with Gasteiger partial charge in [-0.15, -0.1) is 0 Å². The van der Waals surface area contributed by atoms with E-state index in [9.17, 15) is 4.79 Å². The Morgan fingerprint density at radius 3 is 2.85 bits per heavy atom. The predicted octanol–water partition coefficient (Wildman–Crippen LogP) is 0.748. The van der Waals surface area contributed by atoms with E-state index in [1.807, 2.05) is 18.9 Å². The first-order valence-corrected chi connectivity index (χ1v) is 5.23. The highest BCUT2D eigenvalue weighted by Crippen LogP contribution is 2.26. The number of hydrogen-bond donors (Lipinski definition) is 1. The topological polar surface area (TPSA) is 32.3 Å². The standard InChI is InChI=1S/C10H18N2O/c1-7-10(13)12(2)9-6-4-3-5-8(9)11-7/h7-9,11H,3-6H2,1-2H3/t7-,8+,9+/m0/s1. The molecular weight excluding hydrogens is 164 g/mol. The Balaban J connectivity index is 2.12. The summed E-state index contributed by atoms with van der Waals surface area (Å²) in [4.78, 5) is 13.6. The Morgan fingerprint density at radius 2 is 2.08 bits per heavy atom. The summed E-state index contributed by atoms with van der Waals surface area (Å²) in [5.74, 6) is 0.253. The van der Waals surface area contributed by atoms with Gasteiger partial charge in [-0.2, -0.15) is 0 Å². The summed E-state index contributed by atoms with van der Waals surface area (Å²) in [5, 5.41) is 3.41. The first-order valence-electron chi connectivity index (χ1n) is 5.23. The van der Waals surface area contributed by atoms with Crippen molar-refractivity contribution >= 4 is 5.91 Å². The van der Waals surface area contributed by atoms with Crippen molar-refractivity contribution in [2.24, 2.45) is 0 Å². The molecule has 0 aromatic rings. The average molecular weight is 182 g/mol. The van der Waals surface area contributed by atoms with Crippen LogP contribution in [0.3, 0.4) is 0 Å². The lowest BCUT2D eigenvalue weighted by molar-refractivity contribution is -0.139. The van der Waals surface area contributed by atoms with Gasteiger partial charge in [-0.25, -0.2) is 0 Å². The van der Waals surface area contributed by atoms with Crippen LogP contribution < -0.4 is 5.32 Å². The van der Waals surface area contributed by atoms with Crippen LogP contribution in [0.4, 0.5) is 0 Å². The van der Waals surface area contributed by atoms with Gasteiger partial charge in [0.05, 0.1) is 6.04 Å². The van der Waals surface area contributed by atoms with Crippen LogP contribution in [0, 0.1) is 0 Å². The van der Waals surface area contributed by atoms with Gasteiger partial charge in [0.1, 0.15) is 0 Å². The lowest BCUT2D eigenvalue weighted by Crippen LogP contribution is -2.64. The van der Waals surface area contributed by atoms with E-state index >= 15 is 0 Å². The van der Waals surface area contributed by atoms with Crippen LogP contribution in [-0.2, 0) is 4.79 Å². The van der Waals surface area contributed by atoms with Gasteiger partial charge in [-0.3, -0.25) is 4.79 Å². The highest BCUT2D eigenvalue weighted by Gasteiger charge is 2.38. The number of carbonyl (C=O) groups excluding carboxylic acids is 1. The predicted molar refractivity (Wildman–Crippen MR) is 51.4 cm³/mol. The molecule has 1 aliphatic heterocycles. The quantitative estimate of drug-likeness (QED) is 0.599. The molecule has 2 aliphatic rings. The maximum Gasteiger partial charge on any atom is 0.239 e. The summed E-state index contributed by atoms with van der Waals surface area (Å²) in [6.07, 6.45) is 4.98. The van der Waals surface area contributed by atoms with Gasteiger partial charge < -0.3 is 10.2 Å². The Labute approximate surface area is 79.5 Å². The second kappa shape index (κ2) is 3.29. The smallest absolute Gasteiger partial charge is 0.239 e. The zero-order valence-corrected chi connectivity index (χ0v) is 8.42. The Morgan fingerprint density at radius 1 is 1.38 bits per heavy atom. The summed E-state index contributed by atoms with van der Waals surface area (Å²) < 4.78 is 0. The van der Waals surface area contributed by atoms with E-state index in [-0.39, 0.29) is 11.9 Å². The lowest BCUT2D eigenvalue weighted by Gasteiger charge is -2.45. The largest absolute Gasteiger partial charge is 0.340 e. The molecule has 0 aromatic heterocycles. The molecule has 1 aliphatic carbocycles. The van der Waals surface area contributed by atoms with Gasteiger partial charge in [0.2, 0.25) is 5.91 Å². The van der Waals surface area contributed by atoms with Crippen molar-refractivity contribution in [1.82, 2.24) is 10.2 Å². The molecule has 0 spiro atoms. The number of amides is 1. The van der Waals surface area contributed by atoms with Crippen molar-refractivity contribution in [1.29, 1.82) is 0 Å². The molecule has 13 heavy (non-hydrogen) atoms. The molecule has 3 nitrogen and oxygen atoms in total. The summed E-state index contributed by atoms with van der Waals surface area (Å²) in [5.41, 5.74) is 0. The summed E-state index contributed by atoms with van der Waals surface area (Å²) in [6.45, 7) is 1.96. The van der Waals surface area contributed by atoms with Crippen LogP contribution in [0.5, 0.6) is 0 Å². The maximum absolute atomic E-state index is 11.6. The third-order valence-electron chi connectivity index (χ3n) is 3.41. The molecule has 3 heteroatoms. The zero-order valence-electron chi connectivity index (χ0n) is 8.42. The van der Waals surface area contributed by atoms with E-state index in [0.29, 0.717) is 12.1 Å². The van der Waals surface area contributed by atoms with Crippen LogP contribution in [0.2, 0.25) is 0 Å². The third kappa shape index (κ3) is 1.46. The zero-order chi connectivity index (χ0) is 9.42. The minimum atomic E-state index is 0.0179. The third-order valence-corrected chi connectivity index (χ3v) is 3.41. The van der Waals surface area contributed by atoms with E-state index in [1.54, 1.807) is 0 Å². The summed E-state index contributed by atoms with van der Waals surface area (Å²) >= 11 is 0. The van der Waals surface area contributed by atoms with Crippen molar-refractivity contribution < 1.29 is 4.79 Å². The molecule has 1 amide bonds. The van der Waals surface area contributed by atoms with Gasteiger partial charge in [0, 0.05) is 19.1 Å². The molecule has 0 radical (unpaired) electrons. The first kappa shape index (κ1) is 9.00. The molecule has 74 valence electrons. The average Bonchev–Trinajstić information content (AvgIpc) is 2.15. The van der Waals surface area contributed by atoms with Crippen molar-refractivity contribution in [3.8, 4) is 0 Å². The monoisotopic (exact) mass is 182 g/mol. The number of nitrogens with zero attached hydrogens (tertiary/aromatic N) is 1. The fourth-order valence-corrected chi connectivity index (χ4v) is 2.63. The minimum absolute atomic E-state index is 0.0179. The van der Waals surface area contributed by atoms with E-state index in [4.69, 9.17) is 0 Å². The van der Waals surface area contributed by atoms with E-state index in [1.165, 1.54) is 25.7 Å². The number of likely N-dealkylation sites (N-methyl/N-ethyl adjacent to an activating group) is 1.